The van der Waals surface area contributed by atoms with Crippen molar-refractivity contribution in [3.63, 3.8) is 0 Å². The zero-order valence-electron chi connectivity index (χ0n) is 14.6. The number of halogens is 2. The minimum atomic E-state index is -0.906. The van der Waals surface area contributed by atoms with Crippen molar-refractivity contribution < 1.29 is 19.0 Å². The molecule has 142 valence electrons. The molecule has 1 unspecified atom stereocenters. The Bertz CT molecular complexity index is 962. The number of aromatic nitrogens is 4. The van der Waals surface area contributed by atoms with Gasteiger partial charge in [-0.3, -0.25) is 0 Å². The van der Waals surface area contributed by atoms with Crippen LogP contribution in [0.1, 0.15) is 31.4 Å². The zero-order chi connectivity index (χ0) is 19.0. The molecule has 0 amide bonds. The van der Waals surface area contributed by atoms with Gasteiger partial charge >= 0.3 is 0 Å². The molecule has 3 aromatic rings. The van der Waals surface area contributed by atoms with E-state index in [1.165, 1.54) is 6.07 Å². The normalized spacial score (nSPS) is 23.5. The molecule has 1 aliphatic rings. The fraction of sp³-hybridized carbons (Fsp3) is 0.421. The maximum atomic E-state index is 14.3. The van der Waals surface area contributed by atoms with E-state index in [4.69, 9.17) is 0 Å². The first-order valence-corrected chi connectivity index (χ1v) is 9.03. The fourth-order valence-corrected chi connectivity index (χ4v) is 3.73. The van der Waals surface area contributed by atoms with Crippen molar-refractivity contribution in [1.29, 1.82) is 0 Å². The van der Waals surface area contributed by atoms with E-state index in [1.807, 2.05) is 0 Å². The Labute approximate surface area is 154 Å². The van der Waals surface area contributed by atoms with Crippen molar-refractivity contribution in [3.05, 3.63) is 42.0 Å². The molecular weight excluding hydrogens is 354 g/mol. The molecular formula is C19H20F2N4O2. The highest BCUT2D eigenvalue weighted by molar-refractivity contribution is 5.91. The summed E-state index contributed by atoms with van der Waals surface area (Å²) in [7, 11) is 0. The first-order valence-electron chi connectivity index (χ1n) is 9.03. The second kappa shape index (κ2) is 7.28. The third-order valence-electron chi connectivity index (χ3n) is 5.21. The predicted octanol–water partition coefficient (Wildman–Crippen LogP) is 2.75. The Morgan fingerprint density at radius 3 is 2.78 bits per heavy atom. The summed E-state index contributed by atoms with van der Waals surface area (Å²) in [5, 5.41) is 20.8. The molecule has 6 nitrogen and oxygen atoms in total. The highest BCUT2D eigenvalue weighted by Gasteiger charge is 2.30. The molecule has 0 radical (unpaired) electrons. The zero-order valence-corrected chi connectivity index (χ0v) is 14.6. The third-order valence-corrected chi connectivity index (χ3v) is 5.21. The van der Waals surface area contributed by atoms with Gasteiger partial charge in [-0.05, 0) is 31.2 Å². The number of aromatic amines is 1. The summed E-state index contributed by atoms with van der Waals surface area (Å²) in [6.07, 6.45) is 5.24. The molecule has 0 spiro atoms. The van der Waals surface area contributed by atoms with Crippen molar-refractivity contribution in [3.8, 4) is 11.4 Å². The van der Waals surface area contributed by atoms with Crippen LogP contribution in [0.4, 0.5) is 8.78 Å². The van der Waals surface area contributed by atoms with Gasteiger partial charge in [0.05, 0.1) is 30.3 Å². The van der Waals surface area contributed by atoms with E-state index in [0.29, 0.717) is 29.4 Å². The summed E-state index contributed by atoms with van der Waals surface area (Å²) in [5.41, 5.74) is 1.19. The van der Waals surface area contributed by atoms with E-state index >= 15 is 0 Å². The van der Waals surface area contributed by atoms with Crippen LogP contribution in [0.15, 0.2) is 24.7 Å². The Kier molecular flexibility index (Phi) is 4.84. The largest absolute Gasteiger partial charge is 0.390 e. The number of aliphatic hydroxyl groups excluding tert-OH is 2. The van der Waals surface area contributed by atoms with Crippen LogP contribution in [0.5, 0.6) is 0 Å². The van der Waals surface area contributed by atoms with Crippen molar-refractivity contribution in [2.75, 3.05) is 0 Å². The Morgan fingerprint density at radius 1 is 1.11 bits per heavy atom. The average Bonchev–Trinajstić information content (AvgIpc) is 3.00. The lowest BCUT2D eigenvalue weighted by Crippen LogP contribution is -2.33. The van der Waals surface area contributed by atoms with E-state index in [1.54, 1.807) is 6.20 Å². The molecule has 27 heavy (non-hydrogen) atoms. The lowest BCUT2D eigenvalue weighted by atomic mass is 9.91. The Morgan fingerprint density at radius 2 is 1.93 bits per heavy atom. The summed E-state index contributed by atoms with van der Waals surface area (Å²) in [6, 6.07) is 1.33. The summed E-state index contributed by atoms with van der Waals surface area (Å²) in [5.74, 6) is -1.06. The van der Waals surface area contributed by atoms with Gasteiger partial charge in [0.1, 0.15) is 11.5 Å². The van der Waals surface area contributed by atoms with Gasteiger partial charge in [-0.2, -0.15) is 0 Å². The minimum absolute atomic E-state index is 0.178. The summed E-state index contributed by atoms with van der Waals surface area (Å²) in [6.45, 7) is 0. The van der Waals surface area contributed by atoms with E-state index in [2.05, 4.69) is 19.9 Å². The molecule has 3 heterocycles. The van der Waals surface area contributed by atoms with Gasteiger partial charge in [-0.15, -0.1) is 0 Å². The lowest BCUT2D eigenvalue weighted by Gasteiger charge is -2.23. The summed E-state index contributed by atoms with van der Waals surface area (Å²) < 4.78 is 27.9. The van der Waals surface area contributed by atoms with Gasteiger partial charge in [0.25, 0.3) is 0 Å². The van der Waals surface area contributed by atoms with E-state index in [9.17, 15) is 19.0 Å². The molecule has 3 atom stereocenters. The van der Waals surface area contributed by atoms with Crippen LogP contribution in [0.3, 0.4) is 0 Å². The molecule has 0 aromatic carbocycles. The predicted molar refractivity (Wildman–Crippen MR) is 94.7 cm³/mol. The minimum Gasteiger partial charge on any atom is -0.390 e. The number of nitrogens with zero attached hydrogens (tertiary/aromatic N) is 3. The number of nitrogens with one attached hydrogen (secondary N) is 1. The van der Waals surface area contributed by atoms with Gasteiger partial charge in [0.15, 0.2) is 11.6 Å². The number of H-pyrrole nitrogens is 1. The average molecular weight is 374 g/mol. The number of aliphatic hydroxyl groups is 2. The van der Waals surface area contributed by atoms with Crippen LogP contribution in [-0.4, -0.2) is 42.4 Å². The van der Waals surface area contributed by atoms with Crippen molar-refractivity contribution in [2.24, 2.45) is 5.92 Å². The molecule has 1 fully saturated rings. The molecule has 1 saturated carbocycles. The van der Waals surface area contributed by atoms with E-state index in [-0.39, 0.29) is 23.9 Å². The molecule has 0 saturated heterocycles. The maximum Gasteiger partial charge on any atom is 0.163 e. The molecule has 4 rings (SSSR count). The van der Waals surface area contributed by atoms with Gasteiger partial charge in [0.2, 0.25) is 0 Å². The second-order valence-corrected chi connectivity index (χ2v) is 7.05. The molecule has 0 bridgehead atoms. The Balaban J connectivity index is 1.68. The highest BCUT2D eigenvalue weighted by atomic mass is 19.1. The number of pyridine rings is 1. The first-order chi connectivity index (χ1) is 13.0. The first kappa shape index (κ1) is 17.9. The van der Waals surface area contributed by atoms with Crippen LogP contribution in [0.2, 0.25) is 0 Å². The van der Waals surface area contributed by atoms with Crippen molar-refractivity contribution in [1.82, 2.24) is 19.9 Å². The van der Waals surface area contributed by atoms with Crippen LogP contribution in [0, 0.1) is 17.6 Å². The van der Waals surface area contributed by atoms with E-state index in [0.717, 1.165) is 25.2 Å². The Hall–Kier alpha value is -2.45. The number of hydrogen-bond acceptors (Lipinski definition) is 5. The van der Waals surface area contributed by atoms with Gasteiger partial charge in [0, 0.05) is 17.1 Å². The van der Waals surface area contributed by atoms with Gasteiger partial charge in [-0.25, -0.2) is 23.7 Å². The molecule has 0 aliphatic heterocycles. The maximum absolute atomic E-state index is 14.3. The van der Waals surface area contributed by atoms with Gasteiger partial charge in [-0.1, -0.05) is 12.8 Å². The monoisotopic (exact) mass is 374 g/mol. The topological polar surface area (TPSA) is 94.9 Å². The molecule has 1 aliphatic carbocycles. The van der Waals surface area contributed by atoms with E-state index < -0.39 is 23.8 Å². The van der Waals surface area contributed by atoms with Crippen LogP contribution >= 0.6 is 0 Å². The molecule has 8 heteroatoms. The smallest absolute Gasteiger partial charge is 0.163 e. The SMILES string of the molecule is O[C@@H]1CCCCC(Cc2nc(-c3c[nH]c4ncc(F)cc34)ncc2F)[C@H]1O. The van der Waals surface area contributed by atoms with Crippen LogP contribution in [0.25, 0.3) is 22.4 Å². The number of rotatable bonds is 3. The number of hydrogen-bond donors (Lipinski definition) is 3. The fourth-order valence-electron chi connectivity index (χ4n) is 3.73. The third kappa shape index (κ3) is 3.54. The molecule has 3 aromatic heterocycles. The standard InChI is InChI=1S/C19H20F2N4O2/c20-11-6-12-13(8-23-18(12)22-7-11)19-24-9-14(21)15(25-19)5-10-3-1-2-4-16(26)17(10)27/h6-10,16-17,26-27H,1-5H2,(H,22,23)/t10?,16-,17-/m1/s1. The number of fused-ring (bicyclic) bond motifs is 1. The molecule has 3 N–H and O–H groups in total. The summed E-state index contributed by atoms with van der Waals surface area (Å²) in [4.78, 5) is 15.3. The van der Waals surface area contributed by atoms with Crippen LogP contribution < -0.4 is 0 Å². The lowest BCUT2D eigenvalue weighted by molar-refractivity contribution is -0.0150. The summed E-state index contributed by atoms with van der Waals surface area (Å²) >= 11 is 0. The van der Waals surface area contributed by atoms with Crippen LogP contribution in [-0.2, 0) is 6.42 Å². The van der Waals surface area contributed by atoms with Gasteiger partial charge < -0.3 is 15.2 Å². The van der Waals surface area contributed by atoms with Crippen molar-refractivity contribution >= 4 is 11.0 Å². The highest BCUT2D eigenvalue weighted by Crippen LogP contribution is 2.29. The van der Waals surface area contributed by atoms with Crippen molar-refractivity contribution in [2.45, 2.75) is 44.3 Å². The second-order valence-electron chi connectivity index (χ2n) is 7.05. The quantitative estimate of drug-likeness (QED) is 0.613.